The minimum Gasteiger partial charge on any atom is -0.461 e. The van der Waals surface area contributed by atoms with Crippen LogP contribution in [-0.2, 0) is 26.2 Å². The Hall–Kier alpha value is -1.18. The topological polar surface area (TPSA) is 72.5 Å². The highest BCUT2D eigenvalue weighted by Crippen LogP contribution is 2.39. The van der Waals surface area contributed by atoms with Gasteiger partial charge in [0, 0.05) is 6.04 Å². The third-order valence-electron chi connectivity index (χ3n) is 6.88. The van der Waals surface area contributed by atoms with Crippen LogP contribution in [0.2, 0.25) is 24.2 Å². The molecule has 1 fully saturated rings. The molecule has 1 saturated carbocycles. The lowest BCUT2D eigenvalue weighted by Gasteiger charge is -2.37. The van der Waals surface area contributed by atoms with Crippen molar-refractivity contribution in [2.75, 3.05) is 5.75 Å². The summed E-state index contributed by atoms with van der Waals surface area (Å²) >= 11 is 0. The van der Waals surface area contributed by atoms with E-state index in [1.54, 1.807) is 0 Å². The number of rotatable bonds is 9. The molecule has 0 aromatic heterocycles. The predicted molar refractivity (Wildman–Crippen MR) is 126 cm³/mol. The van der Waals surface area contributed by atoms with Gasteiger partial charge in [0.25, 0.3) is 0 Å². The van der Waals surface area contributed by atoms with Crippen LogP contribution in [0.3, 0.4) is 0 Å². The lowest BCUT2D eigenvalue weighted by atomic mass is 9.86. The van der Waals surface area contributed by atoms with E-state index in [0.29, 0.717) is 38.7 Å². The van der Waals surface area contributed by atoms with E-state index in [0.717, 1.165) is 11.6 Å². The van der Waals surface area contributed by atoms with Crippen LogP contribution in [0.5, 0.6) is 0 Å². The average Bonchev–Trinajstić information content (AvgIpc) is 2.66. The van der Waals surface area contributed by atoms with Crippen molar-refractivity contribution in [2.24, 2.45) is 5.92 Å². The lowest BCUT2D eigenvalue weighted by Crippen LogP contribution is -2.41. The molecular weight excluding hydrogens is 414 g/mol. The third-order valence-corrected chi connectivity index (χ3v) is 14.1. The Labute approximate surface area is 184 Å². The first-order valence-corrected chi connectivity index (χ1v) is 16.0. The van der Waals surface area contributed by atoms with E-state index in [-0.39, 0.29) is 28.7 Å². The molecular formula is C23H39NO4SSi. The molecule has 1 aliphatic carbocycles. The molecule has 5 nitrogen and oxygen atoms in total. The second kappa shape index (κ2) is 10.4. The molecule has 0 atom stereocenters. The second-order valence-electron chi connectivity index (χ2n) is 10.3. The summed E-state index contributed by atoms with van der Waals surface area (Å²) in [7, 11) is -4.73. The number of carbonyl (C=O) groups excluding carboxylic acids is 1. The molecule has 0 aliphatic heterocycles. The number of benzene rings is 1. The van der Waals surface area contributed by atoms with Gasteiger partial charge in [0.05, 0.1) is 19.7 Å². The normalized spacial score (nSPS) is 20.7. The van der Waals surface area contributed by atoms with Gasteiger partial charge in [-0.15, -0.1) is 0 Å². The van der Waals surface area contributed by atoms with Crippen LogP contribution in [0.25, 0.3) is 0 Å². The SMILES string of the molecule is CC(C)(C)[Si](C)(C)CCCS(=O)(=O)NC1CCC(C(=O)OCc2ccccc2)CC1. The molecule has 0 radical (unpaired) electrons. The molecule has 0 unspecified atom stereocenters. The Kier molecular flexibility index (Phi) is 8.71. The zero-order valence-electron chi connectivity index (χ0n) is 19.2. The molecule has 0 heterocycles. The summed E-state index contributed by atoms with van der Waals surface area (Å²) < 4.78 is 33.4. The van der Waals surface area contributed by atoms with Gasteiger partial charge in [-0.1, -0.05) is 70.2 Å². The Bertz CT molecular complexity index is 779. The summed E-state index contributed by atoms with van der Waals surface area (Å²) in [4.78, 5) is 12.3. The van der Waals surface area contributed by atoms with Crippen molar-refractivity contribution in [1.29, 1.82) is 0 Å². The predicted octanol–water partition coefficient (Wildman–Crippen LogP) is 5.11. The maximum Gasteiger partial charge on any atom is 0.309 e. The maximum absolute atomic E-state index is 12.5. The summed E-state index contributed by atoms with van der Waals surface area (Å²) in [5.41, 5.74) is 0.977. The standard InChI is InChI=1S/C23H39NO4SSi/c1-23(2,3)30(4,5)17-9-16-29(26,27)24-21-14-12-20(13-15-21)22(25)28-18-19-10-7-6-8-11-19/h6-8,10-11,20-21,24H,9,12-18H2,1-5H3. The van der Waals surface area contributed by atoms with E-state index in [9.17, 15) is 13.2 Å². The molecule has 1 N–H and O–H groups in total. The number of ether oxygens (including phenoxy) is 1. The fraction of sp³-hybridized carbons (Fsp3) is 0.696. The first-order chi connectivity index (χ1) is 13.9. The van der Waals surface area contributed by atoms with Crippen LogP contribution >= 0.6 is 0 Å². The lowest BCUT2D eigenvalue weighted by molar-refractivity contribution is -0.151. The van der Waals surface area contributed by atoms with E-state index in [4.69, 9.17) is 4.74 Å². The van der Waals surface area contributed by atoms with Crippen LogP contribution in [-0.4, -0.2) is 34.3 Å². The van der Waals surface area contributed by atoms with Gasteiger partial charge in [-0.05, 0) is 42.7 Å². The first kappa shape index (κ1) is 25.1. The molecule has 1 aromatic carbocycles. The molecule has 7 heteroatoms. The van der Waals surface area contributed by atoms with E-state index >= 15 is 0 Å². The van der Waals surface area contributed by atoms with Crippen LogP contribution in [0.1, 0.15) is 58.4 Å². The van der Waals surface area contributed by atoms with Crippen LogP contribution < -0.4 is 4.72 Å². The quantitative estimate of drug-likeness (QED) is 0.417. The summed E-state index contributed by atoms with van der Waals surface area (Å²) in [6, 6.07) is 10.6. The number of esters is 1. The Morgan fingerprint density at radius 1 is 1.10 bits per heavy atom. The van der Waals surface area contributed by atoms with Crippen molar-refractivity contribution >= 4 is 24.1 Å². The van der Waals surface area contributed by atoms with Gasteiger partial charge >= 0.3 is 5.97 Å². The fourth-order valence-electron chi connectivity index (χ4n) is 3.69. The molecule has 30 heavy (non-hydrogen) atoms. The monoisotopic (exact) mass is 453 g/mol. The molecule has 0 saturated heterocycles. The van der Waals surface area contributed by atoms with E-state index in [2.05, 4.69) is 38.6 Å². The van der Waals surface area contributed by atoms with E-state index < -0.39 is 18.1 Å². The number of hydrogen-bond donors (Lipinski definition) is 1. The first-order valence-electron chi connectivity index (χ1n) is 11.1. The molecule has 0 bridgehead atoms. The Balaban J connectivity index is 1.72. The van der Waals surface area contributed by atoms with Gasteiger partial charge in [-0.25, -0.2) is 13.1 Å². The van der Waals surface area contributed by atoms with Crippen molar-refractivity contribution in [3.63, 3.8) is 0 Å². The van der Waals surface area contributed by atoms with Gasteiger partial charge in [0.15, 0.2) is 0 Å². The largest absolute Gasteiger partial charge is 0.461 e. The van der Waals surface area contributed by atoms with Gasteiger partial charge in [-0.3, -0.25) is 4.79 Å². The summed E-state index contributed by atoms with van der Waals surface area (Å²) in [6.45, 7) is 11.7. The van der Waals surface area contributed by atoms with Gasteiger partial charge in [0.2, 0.25) is 10.0 Å². The molecule has 1 aromatic rings. The zero-order valence-corrected chi connectivity index (χ0v) is 21.1. The zero-order chi connectivity index (χ0) is 22.4. The number of nitrogens with one attached hydrogen (secondary N) is 1. The van der Waals surface area contributed by atoms with Crippen molar-refractivity contribution < 1.29 is 17.9 Å². The van der Waals surface area contributed by atoms with Gasteiger partial charge in [-0.2, -0.15) is 0 Å². The van der Waals surface area contributed by atoms with Crippen molar-refractivity contribution in [2.45, 2.75) is 89.7 Å². The van der Waals surface area contributed by atoms with Gasteiger partial charge in [0.1, 0.15) is 6.61 Å². The highest BCUT2D eigenvalue weighted by Gasteiger charge is 2.35. The van der Waals surface area contributed by atoms with Crippen LogP contribution in [0, 0.1) is 5.92 Å². The molecule has 170 valence electrons. The third kappa shape index (κ3) is 7.82. The highest BCUT2D eigenvalue weighted by atomic mass is 32.2. The fourth-order valence-corrected chi connectivity index (χ4v) is 7.14. The molecule has 2 rings (SSSR count). The van der Waals surface area contributed by atoms with Gasteiger partial charge < -0.3 is 4.74 Å². The van der Waals surface area contributed by atoms with E-state index in [1.165, 1.54) is 0 Å². The molecule has 1 aliphatic rings. The second-order valence-corrected chi connectivity index (χ2v) is 18.0. The highest BCUT2D eigenvalue weighted by molar-refractivity contribution is 7.89. The smallest absolute Gasteiger partial charge is 0.309 e. The van der Waals surface area contributed by atoms with Crippen molar-refractivity contribution in [3.05, 3.63) is 35.9 Å². The summed E-state index contributed by atoms with van der Waals surface area (Å²) in [6.07, 6.45) is 3.43. The Morgan fingerprint density at radius 3 is 2.27 bits per heavy atom. The van der Waals surface area contributed by atoms with Crippen LogP contribution in [0.4, 0.5) is 0 Å². The van der Waals surface area contributed by atoms with Crippen molar-refractivity contribution in [3.8, 4) is 0 Å². The van der Waals surface area contributed by atoms with E-state index in [1.807, 2.05) is 30.3 Å². The molecule has 0 spiro atoms. The maximum atomic E-state index is 12.5. The van der Waals surface area contributed by atoms with Crippen LogP contribution in [0.15, 0.2) is 30.3 Å². The Morgan fingerprint density at radius 2 is 1.70 bits per heavy atom. The minimum atomic E-state index is -3.28. The summed E-state index contributed by atoms with van der Waals surface area (Å²) in [5, 5.41) is 0.275. The minimum absolute atomic E-state index is 0.0685. The number of carbonyl (C=O) groups is 1. The van der Waals surface area contributed by atoms with Crippen molar-refractivity contribution in [1.82, 2.24) is 4.72 Å². The summed E-state index contributed by atoms with van der Waals surface area (Å²) in [5.74, 6) is -0.110. The number of hydrogen-bond acceptors (Lipinski definition) is 4. The average molecular weight is 454 g/mol. The molecule has 0 amide bonds. The number of sulfonamides is 1.